The first-order chi connectivity index (χ1) is 10.6. The summed E-state index contributed by atoms with van der Waals surface area (Å²) in [7, 11) is 1.50. The zero-order valence-electron chi connectivity index (χ0n) is 12.9. The molecular formula is C15H21N3O4. The second-order valence-electron chi connectivity index (χ2n) is 5.21. The summed E-state index contributed by atoms with van der Waals surface area (Å²) >= 11 is 0. The van der Waals surface area contributed by atoms with E-state index in [1.807, 2.05) is 11.8 Å². The number of carbonyl (C=O) groups excluding carboxylic acids is 1. The minimum atomic E-state index is -0.445. The van der Waals surface area contributed by atoms with E-state index in [1.54, 1.807) is 12.1 Å². The molecule has 7 heteroatoms. The summed E-state index contributed by atoms with van der Waals surface area (Å²) in [5, 5.41) is 13.8. The van der Waals surface area contributed by atoms with Crippen LogP contribution in [0, 0.1) is 10.1 Å². The van der Waals surface area contributed by atoms with Gasteiger partial charge in [0.05, 0.1) is 11.0 Å². The third kappa shape index (κ3) is 3.54. The van der Waals surface area contributed by atoms with Crippen LogP contribution >= 0.6 is 0 Å². The fourth-order valence-electron chi connectivity index (χ4n) is 2.65. The number of ether oxygens (including phenoxy) is 1. The van der Waals surface area contributed by atoms with E-state index in [4.69, 9.17) is 4.74 Å². The van der Waals surface area contributed by atoms with Crippen molar-refractivity contribution < 1.29 is 14.5 Å². The highest BCUT2D eigenvalue weighted by Crippen LogP contribution is 2.30. The van der Waals surface area contributed by atoms with Gasteiger partial charge in [0.15, 0.2) is 0 Å². The summed E-state index contributed by atoms with van der Waals surface area (Å²) in [4.78, 5) is 24.5. The molecule has 1 atom stereocenters. The molecule has 0 saturated carbocycles. The van der Waals surface area contributed by atoms with E-state index < -0.39 is 4.92 Å². The van der Waals surface area contributed by atoms with Crippen molar-refractivity contribution in [1.82, 2.24) is 5.32 Å². The lowest BCUT2D eigenvalue weighted by Crippen LogP contribution is -2.32. The fraction of sp³-hybridized carbons (Fsp3) is 0.533. The van der Waals surface area contributed by atoms with E-state index in [-0.39, 0.29) is 23.3 Å². The Morgan fingerprint density at radius 2 is 2.32 bits per heavy atom. The van der Waals surface area contributed by atoms with Crippen LogP contribution in [-0.2, 0) is 4.74 Å². The Labute approximate surface area is 129 Å². The maximum atomic E-state index is 11.7. The summed E-state index contributed by atoms with van der Waals surface area (Å²) in [5.74, 6) is -0.336. The topological polar surface area (TPSA) is 84.7 Å². The van der Waals surface area contributed by atoms with Gasteiger partial charge in [0.1, 0.15) is 5.69 Å². The van der Waals surface area contributed by atoms with Crippen molar-refractivity contribution in [3.05, 3.63) is 33.9 Å². The molecule has 1 heterocycles. The largest absolute Gasteiger partial charge is 0.376 e. The highest BCUT2D eigenvalue weighted by atomic mass is 16.6. The summed E-state index contributed by atoms with van der Waals surface area (Å²) in [6, 6.07) is 4.58. The van der Waals surface area contributed by atoms with Gasteiger partial charge < -0.3 is 15.0 Å². The number of rotatable bonds is 6. The van der Waals surface area contributed by atoms with Gasteiger partial charge >= 0.3 is 0 Å². The zero-order valence-corrected chi connectivity index (χ0v) is 12.9. The Hall–Kier alpha value is -2.15. The molecule has 0 radical (unpaired) electrons. The van der Waals surface area contributed by atoms with Crippen LogP contribution in [0.4, 0.5) is 11.4 Å². The van der Waals surface area contributed by atoms with Crippen molar-refractivity contribution in [3.63, 3.8) is 0 Å². The van der Waals surface area contributed by atoms with Crippen LogP contribution in [0.15, 0.2) is 18.2 Å². The number of hydrogen-bond acceptors (Lipinski definition) is 5. The summed E-state index contributed by atoms with van der Waals surface area (Å²) in [5.41, 5.74) is 0.753. The molecule has 1 fully saturated rings. The molecule has 1 aromatic rings. The predicted octanol–water partition coefficient (Wildman–Crippen LogP) is 1.96. The summed E-state index contributed by atoms with van der Waals surface area (Å²) in [6.07, 6.45) is 2.11. The number of nitro benzene ring substituents is 1. The molecule has 120 valence electrons. The second kappa shape index (κ2) is 7.22. The monoisotopic (exact) mass is 307 g/mol. The molecule has 1 aliphatic heterocycles. The first-order valence-corrected chi connectivity index (χ1v) is 7.43. The van der Waals surface area contributed by atoms with Crippen LogP contribution in [-0.4, -0.2) is 43.7 Å². The van der Waals surface area contributed by atoms with E-state index in [2.05, 4.69) is 5.32 Å². The molecular weight excluding hydrogens is 286 g/mol. The molecule has 22 heavy (non-hydrogen) atoms. The summed E-state index contributed by atoms with van der Waals surface area (Å²) < 4.78 is 5.61. The van der Waals surface area contributed by atoms with Crippen LogP contribution in [0.2, 0.25) is 0 Å². The third-order valence-electron chi connectivity index (χ3n) is 3.83. The number of anilines is 1. The number of nitro groups is 1. The molecule has 1 unspecified atom stereocenters. The molecule has 2 rings (SSSR count). The standard InChI is InChI=1S/C15H21N3O4/c1-3-17(10-12-5-4-8-22-12)13-7-6-11(15(19)16-2)9-14(13)18(20)21/h6-7,9,12H,3-5,8,10H2,1-2H3,(H,16,19). The molecule has 0 spiro atoms. The van der Waals surface area contributed by atoms with E-state index in [0.29, 0.717) is 18.8 Å². The van der Waals surface area contributed by atoms with Gasteiger partial charge in [-0.15, -0.1) is 0 Å². The van der Waals surface area contributed by atoms with Crippen molar-refractivity contribution in [2.75, 3.05) is 31.6 Å². The first kappa shape index (κ1) is 16.2. The van der Waals surface area contributed by atoms with E-state index in [0.717, 1.165) is 19.4 Å². The average Bonchev–Trinajstić information content (AvgIpc) is 3.04. The number of carbonyl (C=O) groups is 1. The minimum Gasteiger partial charge on any atom is -0.376 e. The Morgan fingerprint density at radius 1 is 1.55 bits per heavy atom. The van der Waals surface area contributed by atoms with Crippen LogP contribution in [0.1, 0.15) is 30.1 Å². The molecule has 0 aromatic heterocycles. The quantitative estimate of drug-likeness (QED) is 0.641. The highest BCUT2D eigenvalue weighted by molar-refractivity contribution is 5.95. The van der Waals surface area contributed by atoms with Crippen LogP contribution < -0.4 is 10.2 Å². The molecule has 0 aliphatic carbocycles. The molecule has 0 bridgehead atoms. The van der Waals surface area contributed by atoms with Crippen LogP contribution in [0.5, 0.6) is 0 Å². The van der Waals surface area contributed by atoms with Crippen molar-refractivity contribution in [1.29, 1.82) is 0 Å². The smallest absolute Gasteiger partial charge is 0.293 e. The van der Waals surface area contributed by atoms with Crippen LogP contribution in [0.3, 0.4) is 0 Å². The maximum Gasteiger partial charge on any atom is 0.293 e. The lowest BCUT2D eigenvalue weighted by molar-refractivity contribution is -0.384. The zero-order chi connectivity index (χ0) is 16.1. The Bertz CT molecular complexity index is 556. The average molecular weight is 307 g/mol. The molecule has 1 aromatic carbocycles. The number of nitrogens with zero attached hydrogens (tertiary/aromatic N) is 2. The lowest BCUT2D eigenvalue weighted by Gasteiger charge is -2.25. The minimum absolute atomic E-state index is 0.0547. The van der Waals surface area contributed by atoms with Gasteiger partial charge in [-0.05, 0) is 31.9 Å². The van der Waals surface area contributed by atoms with Gasteiger partial charge in [-0.25, -0.2) is 0 Å². The van der Waals surface area contributed by atoms with Crippen molar-refractivity contribution in [3.8, 4) is 0 Å². The lowest BCUT2D eigenvalue weighted by atomic mass is 10.1. The fourth-order valence-corrected chi connectivity index (χ4v) is 2.65. The van der Waals surface area contributed by atoms with Crippen molar-refractivity contribution >= 4 is 17.3 Å². The third-order valence-corrected chi connectivity index (χ3v) is 3.83. The maximum absolute atomic E-state index is 11.7. The predicted molar refractivity (Wildman–Crippen MR) is 83.3 cm³/mol. The SMILES string of the molecule is CCN(CC1CCCO1)c1ccc(C(=O)NC)cc1[N+](=O)[O-]. The van der Waals surface area contributed by atoms with Gasteiger partial charge in [-0.2, -0.15) is 0 Å². The van der Waals surface area contributed by atoms with Gasteiger partial charge in [-0.3, -0.25) is 14.9 Å². The highest BCUT2D eigenvalue weighted by Gasteiger charge is 2.24. The second-order valence-corrected chi connectivity index (χ2v) is 5.21. The Kier molecular flexibility index (Phi) is 5.32. The van der Waals surface area contributed by atoms with Gasteiger partial charge in [0.25, 0.3) is 11.6 Å². The number of nitrogens with one attached hydrogen (secondary N) is 1. The normalized spacial score (nSPS) is 17.3. The van der Waals surface area contributed by atoms with Crippen LogP contribution in [0.25, 0.3) is 0 Å². The van der Waals surface area contributed by atoms with Crippen molar-refractivity contribution in [2.45, 2.75) is 25.9 Å². The number of hydrogen-bond donors (Lipinski definition) is 1. The van der Waals surface area contributed by atoms with E-state index in [9.17, 15) is 14.9 Å². The van der Waals surface area contributed by atoms with Gasteiger partial charge in [-0.1, -0.05) is 0 Å². The number of benzene rings is 1. The first-order valence-electron chi connectivity index (χ1n) is 7.43. The summed E-state index contributed by atoms with van der Waals surface area (Å²) in [6.45, 7) is 3.96. The molecule has 1 amide bonds. The Balaban J connectivity index is 2.30. The van der Waals surface area contributed by atoms with Gasteiger partial charge in [0.2, 0.25) is 0 Å². The molecule has 1 saturated heterocycles. The van der Waals surface area contributed by atoms with E-state index >= 15 is 0 Å². The van der Waals surface area contributed by atoms with Crippen molar-refractivity contribution in [2.24, 2.45) is 0 Å². The molecule has 1 aliphatic rings. The molecule has 1 N–H and O–H groups in total. The number of amides is 1. The van der Waals surface area contributed by atoms with Gasteiger partial charge in [0, 0.05) is 38.4 Å². The Morgan fingerprint density at radius 3 is 2.86 bits per heavy atom. The number of likely N-dealkylation sites (N-methyl/N-ethyl adjacent to an activating group) is 1. The van der Waals surface area contributed by atoms with E-state index in [1.165, 1.54) is 13.1 Å². The molecule has 7 nitrogen and oxygen atoms in total.